The third-order valence-corrected chi connectivity index (χ3v) is 4.94. The maximum atomic E-state index is 4.45. The molecule has 0 spiro atoms. The van der Waals surface area contributed by atoms with E-state index < -0.39 is 0 Å². The summed E-state index contributed by atoms with van der Waals surface area (Å²) in [5.41, 5.74) is 1.37. The maximum Gasteiger partial charge on any atom is 0.134 e. The third-order valence-electron chi connectivity index (χ3n) is 4.94. The van der Waals surface area contributed by atoms with E-state index in [1.165, 1.54) is 24.4 Å². The molecular formula is C19H28N4. The summed E-state index contributed by atoms with van der Waals surface area (Å²) in [7, 11) is 0. The molecule has 0 radical (unpaired) electrons. The lowest BCUT2D eigenvalue weighted by Gasteiger charge is -2.22. The first-order chi connectivity index (χ1) is 11.3. The second kappa shape index (κ2) is 7.73. The quantitative estimate of drug-likeness (QED) is 0.822. The van der Waals surface area contributed by atoms with Crippen molar-refractivity contribution in [1.82, 2.24) is 19.7 Å². The Balaban J connectivity index is 1.61. The molecule has 0 fully saturated rings. The SMILES string of the molecule is CCC(C)CN1CCc2nnc(CCc3ccccc3)n2CC1. The van der Waals surface area contributed by atoms with Gasteiger partial charge in [-0.3, -0.25) is 0 Å². The molecule has 0 saturated carbocycles. The van der Waals surface area contributed by atoms with Gasteiger partial charge in [-0.1, -0.05) is 50.6 Å². The van der Waals surface area contributed by atoms with Crippen molar-refractivity contribution in [3.05, 3.63) is 47.5 Å². The number of aromatic nitrogens is 3. The summed E-state index contributed by atoms with van der Waals surface area (Å²) in [6.07, 6.45) is 4.29. The van der Waals surface area contributed by atoms with E-state index in [0.717, 1.165) is 50.6 Å². The fourth-order valence-electron chi connectivity index (χ4n) is 3.27. The number of fused-ring (bicyclic) bond motifs is 1. The van der Waals surface area contributed by atoms with Gasteiger partial charge in [0, 0.05) is 39.0 Å². The first-order valence-electron chi connectivity index (χ1n) is 8.93. The monoisotopic (exact) mass is 312 g/mol. The minimum Gasteiger partial charge on any atom is -0.314 e. The molecule has 4 nitrogen and oxygen atoms in total. The molecule has 3 rings (SSSR count). The number of hydrogen-bond acceptors (Lipinski definition) is 3. The molecule has 0 N–H and O–H groups in total. The van der Waals surface area contributed by atoms with Crippen LogP contribution in [-0.2, 0) is 25.8 Å². The fraction of sp³-hybridized carbons (Fsp3) is 0.579. The topological polar surface area (TPSA) is 34.0 Å². The molecule has 124 valence electrons. The molecule has 0 bridgehead atoms. The van der Waals surface area contributed by atoms with Gasteiger partial charge in [-0.15, -0.1) is 10.2 Å². The average Bonchev–Trinajstić information content (AvgIpc) is 2.87. The molecule has 2 heterocycles. The molecular weight excluding hydrogens is 284 g/mol. The Bertz CT molecular complexity index is 605. The second-order valence-corrected chi connectivity index (χ2v) is 6.73. The van der Waals surface area contributed by atoms with E-state index in [0.29, 0.717) is 0 Å². The molecule has 1 aromatic carbocycles. The highest BCUT2D eigenvalue weighted by Crippen LogP contribution is 2.14. The Morgan fingerprint density at radius 2 is 1.87 bits per heavy atom. The van der Waals surface area contributed by atoms with Gasteiger partial charge >= 0.3 is 0 Å². The molecule has 23 heavy (non-hydrogen) atoms. The van der Waals surface area contributed by atoms with Crippen molar-refractivity contribution in [3.8, 4) is 0 Å². The van der Waals surface area contributed by atoms with E-state index in [1.54, 1.807) is 0 Å². The Hall–Kier alpha value is -1.68. The molecule has 0 saturated heterocycles. The first kappa shape index (κ1) is 16.2. The van der Waals surface area contributed by atoms with E-state index in [4.69, 9.17) is 0 Å². The summed E-state index contributed by atoms with van der Waals surface area (Å²) >= 11 is 0. The zero-order valence-electron chi connectivity index (χ0n) is 14.4. The first-order valence-corrected chi connectivity index (χ1v) is 8.93. The van der Waals surface area contributed by atoms with Crippen LogP contribution in [0, 0.1) is 5.92 Å². The summed E-state index contributed by atoms with van der Waals surface area (Å²) in [5, 5.41) is 8.90. The van der Waals surface area contributed by atoms with Crippen molar-refractivity contribution < 1.29 is 0 Å². The zero-order chi connectivity index (χ0) is 16.1. The Morgan fingerprint density at radius 1 is 1.04 bits per heavy atom. The van der Waals surface area contributed by atoms with Crippen molar-refractivity contribution in [2.45, 2.75) is 46.1 Å². The van der Waals surface area contributed by atoms with Crippen LogP contribution >= 0.6 is 0 Å². The van der Waals surface area contributed by atoms with Crippen molar-refractivity contribution >= 4 is 0 Å². The Labute approximate surface area is 139 Å². The summed E-state index contributed by atoms with van der Waals surface area (Å²) in [6, 6.07) is 10.7. The Morgan fingerprint density at radius 3 is 2.65 bits per heavy atom. The summed E-state index contributed by atoms with van der Waals surface area (Å²) in [4.78, 5) is 2.59. The van der Waals surface area contributed by atoms with Gasteiger partial charge in [0.1, 0.15) is 11.6 Å². The van der Waals surface area contributed by atoms with Crippen LogP contribution in [0.15, 0.2) is 30.3 Å². The highest BCUT2D eigenvalue weighted by Gasteiger charge is 2.19. The van der Waals surface area contributed by atoms with Gasteiger partial charge < -0.3 is 9.47 Å². The van der Waals surface area contributed by atoms with Crippen LogP contribution in [0.25, 0.3) is 0 Å². The van der Waals surface area contributed by atoms with E-state index in [1.807, 2.05) is 0 Å². The molecule has 1 atom stereocenters. The highest BCUT2D eigenvalue weighted by molar-refractivity contribution is 5.15. The van der Waals surface area contributed by atoms with E-state index in [9.17, 15) is 0 Å². The minimum absolute atomic E-state index is 0.774. The molecule has 1 unspecified atom stereocenters. The van der Waals surface area contributed by atoms with Crippen molar-refractivity contribution in [2.24, 2.45) is 5.92 Å². The van der Waals surface area contributed by atoms with Crippen LogP contribution in [0.5, 0.6) is 0 Å². The fourth-order valence-corrected chi connectivity index (χ4v) is 3.27. The number of nitrogens with zero attached hydrogens (tertiary/aromatic N) is 4. The maximum absolute atomic E-state index is 4.45. The number of benzene rings is 1. The third kappa shape index (κ3) is 4.20. The normalized spacial score (nSPS) is 16.8. The standard InChI is InChI=1S/C19H28N4/c1-3-16(2)15-22-12-11-19-21-20-18(23(19)14-13-22)10-9-17-7-5-4-6-8-17/h4-8,16H,3,9-15H2,1-2H3. The van der Waals surface area contributed by atoms with Crippen molar-refractivity contribution in [2.75, 3.05) is 19.6 Å². The van der Waals surface area contributed by atoms with Crippen LogP contribution in [0.1, 0.15) is 37.5 Å². The average molecular weight is 312 g/mol. The predicted octanol–water partition coefficient (Wildman–Crippen LogP) is 2.97. The minimum atomic E-state index is 0.774. The predicted molar refractivity (Wildman–Crippen MR) is 93.5 cm³/mol. The lowest BCUT2D eigenvalue weighted by atomic mass is 10.1. The van der Waals surface area contributed by atoms with Crippen LogP contribution in [0.4, 0.5) is 0 Å². The molecule has 1 aliphatic rings. The van der Waals surface area contributed by atoms with Gasteiger partial charge in [0.2, 0.25) is 0 Å². The van der Waals surface area contributed by atoms with Crippen molar-refractivity contribution in [1.29, 1.82) is 0 Å². The van der Waals surface area contributed by atoms with Gasteiger partial charge in [0.05, 0.1) is 0 Å². The molecule has 2 aromatic rings. The smallest absolute Gasteiger partial charge is 0.134 e. The van der Waals surface area contributed by atoms with Crippen LogP contribution in [0.2, 0.25) is 0 Å². The summed E-state index contributed by atoms with van der Waals surface area (Å²) in [6.45, 7) is 9.08. The Kier molecular flexibility index (Phi) is 5.44. The van der Waals surface area contributed by atoms with E-state index in [2.05, 4.69) is 63.8 Å². The summed E-state index contributed by atoms with van der Waals surface area (Å²) < 4.78 is 2.36. The van der Waals surface area contributed by atoms with Crippen molar-refractivity contribution in [3.63, 3.8) is 0 Å². The van der Waals surface area contributed by atoms with Gasteiger partial charge in [0.25, 0.3) is 0 Å². The summed E-state index contributed by atoms with van der Waals surface area (Å²) in [5.74, 6) is 3.09. The number of hydrogen-bond donors (Lipinski definition) is 0. The molecule has 1 aliphatic heterocycles. The van der Waals surface area contributed by atoms with Gasteiger partial charge in [-0.2, -0.15) is 0 Å². The lowest BCUT2D eigenvalue weighted by molar-refractivity contribution is 0.238. The number of aryl methyl sites for hydroxylation is 2. The highest BCUT2D eigenvalue weighted by atomic mass is 15.3. The molecule has 1 aromatic heterocycles. The zero-order valence-corrected chi connectivity index (χ0v) is 14.4. The molecule has 0 amide bonds. The molecule has 4 heteroatoms. The van der Waals surface area contributed by atoms with Crippen LogP contribution in [0.3, 0.4) is 0 Å². The molecule has 0 aliphatic carbocycles. The van der Waals surface area contributed by atoms with Crippen LogP contribution in [-0.4, -0.2) is 39.3 Å². The van der Waals surface area contributed by atoms with Gasteiger partial charge in [-0.25, -0.2) is 0 Å². The lowest BCUT2D eigenvalue weighted by Crippen LogP contribution is -2.31. The van der Waals surface area contributed by atoms with Crippen LogP contribution < -0.4 is 0 Å². The number of rotatable bonds is 6. The van der Waals surface area contributed by atoms with Gasteiger partial charge in [-0.05, 0) is 17.9 Å². The van der Waals surface area contributed by atoms with Gasteiger partial charge in [0.15, 0.2) is 0 Å². The van der Waals surface area contributed by atoms with E-state index >= 15 is 0 Å². The largest absolute Gasteiger partial charge is 0.314 e. The van der Waals surface area contributed by atoms with E-state index in [-0.39, 0.29) is 0 Å². The second-order valence-electron chi connectivity index (χ2n) is 6.73.